The number of H-pyrrole nitrogens is 1. The molecule has 0 spiro atoms. The van der Waals surface area contributed by atoms with Crippen molar-refractivity contribution in [3.63, 3.8) is 0 Å². The first-order valence-corrected chi connectivity index (χ1v) is 8.12. The number of hydrogen-bond donors (Lipinski definition) is 2. The van der Waals surface area contributed by atoms with Crippen LogP contribution in [0.1, 0.15) is 56.1 Å². The Hall–Kier alpha value is -1.42. The molecule has 3 rings (SSSR count). The Morgan fingerprint density at radius 2 is 2.19 bits per heavy atom. The van der Waals surface area contributed by atoms with Crippen molar-refractivity contribution >= 4 is 6.08 Å². The number of aryl methyl sites for hydroxylation is 1. The SMILES string of the molecule is CC1CC1CCCCCc1nc2c([nH]c1=O)CC(O)C=C2. The summed E-state index contributed by atoms with van der Waals surface area (Å²) in [5, 5.41) is 9.55. The number of fused-ring (bicyclic) bond motifs is 1. The Kier molecular flexibility index (Phi) is 4.24. The van der Waals surface area contributed by atoms with Gasteiger partial charge in [0.2, 0.25) is 0 Å². The topological polar surface area (TPSA) is 66.0 Å². The fourth-order valence-corrected chi connectivity index (χ4v) is 3.16. The first-order chi connectivity index (χ1) is 10.1. The van der Waals surface area contributed by atoms with Gasteiger partial charge in [0.15, 0.2) is 0 Å². The number of aliphatic hydroxyl groups excluding tert-OH is 1. The summed E-state index contributed by atoms with van der Waals surface area (Å²) >= 11 is 0. The van der Waals surface area contributed by atoms with E-state index >= 15 is 0 Å². The molecule has 4 nitrogen and oxygen atoms in total. The first-order valence-electron chi connectivity index (χ1n) is 8.12. The van der Waals surface area contributed by atoms with Gasteiger partial charge in [0, 0.05) is 12.1 Å². The number of unbranched alkanes of at least 4 members (excludes halogenated alkanes) is 2. The summed E-state index contributed by atoms with van der Waals surface area (Å²) in [7, 11) is 0. The van der Waals surface area contributed by atoms with E-state index in [2.05, 4.69) is 16.9 Å². The highest BCUT2D eigenvalue weighted by Crippen LogP contribution is 2.41. The maximum absolute atomic E-state index is 12.0. The average Bonchev–Trinajstić information content (AvgIpc) is 3.15. The van der Waals surface area contributed by atoms with Crippen molar-refractivity contribution in [2.24, 2.45) is 11.8 Å². The van der Waals surface area contributed by atoms with Crippen LogP contribution in [0.3, 0.4) is 0 Å². The smallest absolute Gasteiger partial charge is 0.269 e. The van der Waals surface area contributed by atoms with Gasteiger partial charge in [-0.2, -0.15) is 0 Å². The molecule has 3 atom stereocenters. The number of aromatic amines is 1. The average molecular weight is 288 g/mol. The van der Waals surface area contributed by atoms with Crippen molar-refractivity contribution in [2.75, 3.05) is 0 Å². The van der Waals surface area contributed by atoms with Gasteiger partial charge in [0.1, 0.15) is 5.69 Å². The maximum Gasteiger partial charge on any atom is 0.269 e. The van der Waals surface area contributed by atoms with Crippen LogP contribution in [-0.4, -0.2) is 21.2 Å². The standard InChI is InChI=1S/C17H24N2O2/c1-11-9-12(11)5-3-2-4-6-15-17(21)19-16-10-13(20)7-8-14(16)18-15/h7-8,11-13,20H,2-6,9-10H2,1H3,(H,19,21). The summed E-state index contributed by atoms with van der Waals surface area (Å²) < 4.78 is 0. The minimum Gasteiger partial charge on any atom is -0.389 e. The van der Waals surface area contributed by atoms with Gasteiger partial charge >= 0.3 is 0 Å². The molecule has 1 heterocycles. The molecule has 1 aromatic rings. The second-order valence-corrected chi connectivity index (χ2v) is 6.58. The molecule has 2 aliphatic rings. The zero-order valence-corrected chi connectivity index (χ0v) is 12.6. The van der Waals surface area contributed by atoms with E-state index in [0.29, 0.717) is 12.1 Å². The third-order valence-electron chi connectivity index (χ3n) is 4.75. The summed E-state index contributed by atoms with van der Waals surface area (Å²) in [5.74, 6) is 1.91. The van der Waals surface area contributed by atoms with Gasteiger partial charge in [-0.05, 0) is 37.2 Å². The molecule has 0 aliphatic heterocycles. The highest BCUT2D eigenvalue weighted by molar-refractivity contribution is 5.51. The summed E-state index contributed by atoms with van der Waals surface area (Å²) in [5.41, 5.74) is 2.10. The fraction of sp³-hybridized carbons (Fsp3) is 0.647. The predicted octanol–water partition coefficient (Wildman–Crippen LogP) is 2.46. The molecule has 1 fully saturated rings. The molecule has 0 bridgehead atoms. The minimum atomic E-state index is -0.509. The summed E-state index contributed by atoms with van der Waals surface area (Å²) in [6, 6.07) is 0. The second kappa shape index (κ2) is 6.14. The number of hydrogen-bond acceptors (Lipinski definition) is 3. The largest absolute Gasteiger partial charge is 0.389 e. The van der Waals surface area contributed by atoms with Gasteiger partial charge in [-0.3, -0.25) is 4.79 Å². The van der Waals surface area contributed by atoms with Crippen LogP contribution in [0.2, 0.25) is 0 Å². The Morgan fingerprint density at radius 1 is 1.38 bits per heavy atom. The van der Waals surface area contributed by atoms with Crippen LogP contribution in [0, 0.1) is 11.8 Å². The van der Waals surface area contributed by atoms with Crippen LogP contribution in [0.15, 0.2) is 10.9 Å². The first kappa shape index (κ1) is 14.5. The molecule has 0 aromatic carbocycles. The molecular weight excluding hydrogens is 264 g/mol. The van der Waals surface area contributed by atoms with Gasteiger partial charge in [-0.15, -0.1) is 0 Å². The molecule has 2 aliphatic carbocycles. The van der Waals surface area contributed by atoms with Crippen LogP contribution < -0.4 is 5.56 Å². The molecule has 4 heteroatoms. The van der Waals surface area contributed by atoms with E-state index in [1.54, 1.807) is 12.2 Å². The highest BCUT2D eigenvalue weighted by atomic mass is 16.3. The van der Waals surface area contributed by atoms with Gasteiger partial charge in [-0.1, -0.05) is 32.3 Å². The molecule has 1 aromatic heterocycles. The summed E-state index contributed by atoms with van der Waals surface area (Å²) in [6.45, 7) is 2.33. The fourth-order valence-electron chi connectivity index (χ4n) is 3.16. The summed E-state index contributed by atoms with van der Waals surface area (Å²) in [6.07, 6.45) is 10.5. The van der Waals surface area contributed by atoms with Gasteiger partial charge in [-0.25, -0.2) is 4.98 Å². The summed E-state index contributed by atoms with van der Waals surface area (Å²) in [4.78, 5) is 19.3. The normalized spacial score (nSPS) is 26.7. The van der Waals surface area contributed by atoms with Crippen molar-refractivity contribution in [1.29, 1.82) is 0 Å². The number of nitrogens with one attached hydrogen (secondary N) is 1. The van der Waals surface area contributed by atoms with E-state index in [1.165, 1.54) is 25.7 Å². The van der Waals surface area contributed by atoms with Crippen molar-refractivity contribution < 1.29 is 5.11 Å². The molecule has 1 saturated carbocycles. The predicted molar refractivity (Wildman–Crippen MR) is 83.0 cm³/mol. The van der Waals surface area contributed by atoms with E-state index < -0.39 is 6.10 Å². The van der Waals surface area contributed by atoms with Gasteiger partial charge in [0.25, 0.3) is 5.56 Å². The van der Waals surface area contributed by atoms with Crippen molar-refractivity contribution in [2.45, 2.75) is 58.0 Å². The molecule has 0 radical (unpaired) electrons. The van der Waals surface area contributed by atoms with E-state index in [1.807, 2.05) is 0 Å². The Labute approximate surface area is 125 Å². The lowest BCUT2D eigenvalue weighted by Gasteiger charge is -2.14. The van der Waals surface area contributed by atoms with Gasteiger partial charge < -0.3 is 10.1 Å². The lowest BCUT2D eigenvalue weighted by Crippen LogP contribution is -2.23. The number of rotatable bonds is 6. The van der Waals surface area contributed by atoms with Crippen LogP contribution >= 0.6 is 0 Å². The van der Waals surface area contributed by atoms with Crippen molar-refractivity contribution in [3.05, 3.63) is 33.5 Å². The quantitative estimate of drug-likeness (QED) is 0.790. The maximum atomic E-state index is 12.0. The molecule has 21 heavy (non-hydrogen) atoms. The third kappa shape index (κ3) is 3.62. The van der Waals surface area contributed by atoms with E-state index in [4.69, 9.17) is 0 Å². The van der Waals surface area contributed by atoms with Crippen LogP contribution in [0.5, 0.6) is 0 Å². The number of aliphatic hydroxyl groups is 1. The van der Waals surface area contributed by atoms with Crippen molar-refractivity contribution in [3.8, 4) is 0 Å². The number of aromatic nitrogens is 2. The molecule has 114 valence electrons. The van der Waals surface area contributed by atoms with E-state index in [0.717, 1.165) is 36.1 Å². The second-order valence-electron chi connectivity index (χ2n) is 6.58. The molecule has 2 N–H and O–H groups in total. The minimum absolute atomic E-state index is 0.0907. The zero-order chi connectivity index (χ0) is 14.8. The van der Waals surface area contributed by atoms with Gasteiger partial charge in [0.05, 0.1) is 11.8 Å². The van der Waals surface area contributed by atoms with E-state index in [-0.39, 0.29) is 5.56 Å². The van der Waals surface area contributed by atoms with Crippen LogP contribution in [0.4, 0.5) is 0 Å². The third-order valence-corrected chi connectivity index (χ3v) is 4.75. The number of nitrogens with zero attached hydrogens (tertiary/aromatic N) is 1. The lowest BCUT2D eigenvalue weighted by atomic mass is 10.0. The Balaban J connectivity index is 1.52. The van der Waals surface area contributed by atoms with Crippen LogP contribution in [-0.2, 0) is 12.8 Å². The van der Waals surface area contributed by atoms with Crippen molar-refractivity contribution in [1.82, 2.24) is 9.97 Å². The molecule has 3 unspecified atom stereocenters. The zero-order valence-electron chi connectivity index (χ0n) is 12.6. The molecule has 0 saturated heterocycles. The Bertz CT molecular complexity index is 591. The highest BCUT2D eigenvalue weighted by Gasteiger charge is 2.31. The Morgan fingerprint density at radius 3 is 2.95 bits per heavy atom. The molecular formula is C17H24N2O2. The molecule has 0 amide bonds. The monoisotopic (exact) mass is 288 g/mol. The lowest BCUT2D eigenvalue weighted by molar-refractivity contribution is 0.221. The van der Waals surface area contributed by atoms with E-state index in [9.17, 15) is 9.90 Å². The van der Waals surface area contributed by atoms with Crippen LogP contribution in [0.25, 0.3) is 6.08 Å².